The van der Waals surface area contributed by atoms with Crippen LogP contribution in [0, 0.1) is 24.7 Å². The smallest absolute Gasteiger partial charge is 0.152 e. The number of sulfone groups is 2. The highest BCUT2D eigenvalue weighted by Gasteiger charge is 2.30. The van der Waals surface area contributed by atoms with Crippen molar-refractivity contribution in [1.29, 1.82) is 0 Å². The Kier molecular flexibility index (Phi) is 10.4. The van der Waals surface area contributed by atoms with E-state index in [9.17, 15) is 16.8 Å². The molecule has 0 saturated carbocycles. The van der Waals surface area contributed by atoms with Crippen molar-refractivity contribution >= 4 is 31.3 Å². The second-order valence-electron chi connectivity index (χ2n) is 7.36. The third-order valence-electron chi connectivity index (χ3n) is 4.01. The molecule has 0 aromatic heterocycles. The summed E-state index contributed by atoms with van der Waals surface area (Å²) >= 11 is 5.48. The van der Waals surface area contributed by atoms with Crippen LogP contribution in [0.2, 0.25) is 0 Å². The van der Waals surface area contributed by atoms with Gasteiger partial charge in [-0.2, -0.15) is 0 Å². The molecule has 2 aliphatic rings. The normalized spacial score (nSPS) is 21.9. The Morgan fingerprint density at radius 1 is 0.852 bits per heavy atom. The van der Waals surface area contributed by atoms with Gasteiger partial charge in [0, 0.05) is 26.2 Å². The minimum atomic E-state index is -2.79. The lowest BCUT2D eigenvalue weighted by Gasteiger charge is -2.36. The number of terminal acetylenes is 2. The average molecular weight is 439 g/mol. The molecule has 156 valence electrons. The third-order valence-corrected chi connectivity index (χ3v) is 7.38. The largest absolute Gasteiger partial charge is 0.315 e. The van der Waals surface area contributed by atoms with Crippen molar-refractivity contribution in [3.63, 3.8) is 0 Å². The first kappa shape index (κ1) is 26.2. The third kappa shape index (κ3) is 12.3. The fraction of sp³-hybridized carbons (Fsp3) is 0.778. The summed E-state index contributed by atoms with van der Waals surface area (Å²) in [6.07, 6.45) is 10.3. The monoisotopic (exact) mass is 438 g/mol. The molecule has 0 unspecified atom stereocenters. The molecule has 0 bridgehead atoms. The highest BCUT2D eigenvalue weighted by molar-refractivity contribution is 7.91. The van der Waals surface area contributed by atoms with Crippen molar-refractivity contribution in [1.82, 2.24) is 10.2 Å². The second-order valence-corrected chi connectivity index (χ2v) is 12.9. The maximum absolute atomic E-state index is 11.1. The summed E-state index contributed by atoms with van der Waals surface area (Å²) in [7, 11) is -5.44. The van der Waals surface area contributed by atoms with E-state index in [1.807, 2.05) is 18.7 Å². The van der Waals surface area contributed by atoms with Crippen LogP contribution in [0.3, 0.4) is 0 Å². The lowest BCUT2D eigenvalue weighted by molar-refractivity contribution is 0.185. The van der Waals surface area contributed by atoms with Crippen molar-refractivity contribution in [3.05, 3.63) is 0 Å². The number of hydrogen-bond donors (Lipinski definition) is 1. The van der Waals surface area contributed by atoms with Gasteiger partial charge in [-0.05, 0) is 27.7 Å². The van der Waals surface area contributed by atoms with E-state index in [0.717, 1.165) is 0 Å². The van der Waals surface area contributed by atoms with Crippen LogP contribution in [0.25, 0.3) is 0 Å². The van der Waals surface area contributed by atoms with Crippen LogP contribution in [0.5, 0.6) is 0 Å². The zero-order valence-corrected chi connectivity index (χ0v) is 19.0. The molecule has 0 aromatic carbocycles. The summed E-state index contributed by atoms with van der Waals surface area (Å²) in [6, 6.07) is 0. The highest BCUT2D eigenvalue weighted by atomic mass is 35.5. The van der Waals surface area contributed by atoms with Gasteiger partial charge in [-0.15, -0.1) is 24.4 Å². The first-order valence-electron chi connectivity index (χ1n) is 8.65. The first-order chi connectivity index (χ1) is 12.1. The van der Waals surface area contributed by atoms with Gasteiger partial charge in [0.05, 0.1) is 33.4 Å². The number of hydrogen-bond acceptors (Lipinski definition) is 6. The Balaban J connectivity index is 0.000000413. The van der Waals surface area contributed by atoms with E-state index in [1.165, 1.54) is 0 Å². The van der Waals surface area contributed by atoms with Gasteiger partial charge < -0.3 is 5.32 Å². The predicted octanol–water partition coefficient (Wildman–Crippen LogP) is 0.770. The molecule has 2 heterocycles. The number of rotatable bonds is 1. The van der Waals surface area contributed by atoms with Crippen LogP contribution in [0.15, 0.2) is 0 Å². The van der Waals surface area contributed by atoms with E-state index in [-0.39, 0.29) is 17.0 Å². The highest BCUT2D eigenvalue weighted by Crippen LogP contribution is 2.16. The van der Waals surface area contributed by atoms with E-state index in [1.54, 1.807) is 13.8 Å². The number of alkyl halides is 1. The lowest BCUT2D eigenvalue weighted by Crippen LogP contribution is -2.50. The number of nitrogens with one attached hydrogen (secondary N) is 1. The lowest BCUT2D eigenvalue weighted by atomic mass is 10.0. The molecule has 2 fully saturated rings. The molecule has 2 rings (SSSR count). The van der Waals surface area contributed by atoms with Gasteiger partial charge in [0.2, 0.25) is 0 Å². The van der Waals surface area contributed by atoms with Crippen molar-refractivity contribution in [2.45, 2.75) is 38.1 Å². The maximum Gasteiger partial charge on any atom is 0.152 e. The molecule has 6 nitrogen and oxygen atoms in total. The molecule has 0 atom stereocenters. The van der Waals surface area contributed by atoms with Crippen molar-refractivity contribution in [2.75, 3.05) is 49.2 Å². The van der Waals surface area contributed by atoms with Gasteiger partial charge >= 0.3 is 0 Å². The zero-order chi connectivity index (χ0) is 21.4. The van der Waals surface area contributed by atoms with Crippen molar-refractivity contribution < 1.29 is 16.8 Å². The summed E-state index contributed by atoms with van der Waals surface area (Å²) in [4.78, 5) is 1.58. The Morgan fingerprint density at radius 3 is 1.48 bits per heavy atom. The Morgan fingerprint density at radius 2 is 1.22 bits per heavy atom. The average Bonchev–Trinajstić information content (AvgIpc) is 2.55. The molecular formula is C18H31ClN2O4S2. The maximum atomic E-state index is 11.1. The minimum Gasteiger partial charge on any atom is -0.315 e. The minimum absolute atomic E-state index is 0.234. The topological polar surface area (TPSA) is 83.6 Å². The van der Waals surface area contributed by atoms with Crippen LogP contribution in [-0.4, -0.2) is 81.3 Å². The van der Waals surface area contributed by atoms with Gasteiger partial charge in [0.1, 0.15) is 0 Å². The van der Waals surface area contributed by atoms with Crippen molar-refractivity contribution in [2.24, 2.45) is 0 Å². The van der Waals surface area contributed by atoms with Crippen molar-refractivity contribution in [3.8, 4) is 24.7 Å². The molecule has 9 heteroatoms. The fourth-order valence-electron chi connectivity index (χ4n) is 2.05. The van der Waals surface area contributed by atoms with E-state index < -0.39 is 24.5 Å². The fourth-order valence-corrected chi connectivity index (χ4v) is 4.36. The Labute approximate surface area is 170 Å². The molecule has 1 N–H and O–H groups in total. The van der Waals surface area contributed by atoms with E-state index in [0.29, 0.717) is 37.7 Å². The summed E-state index contributed by atoms with van der Waals surface area (Å²) in [5.41, 5.74) is -0.323. The number of nitrogens with zero attached hydrogens (tertiary/aromatic N) is 1. The van der Waals surface area contributed by atoms with Crippen LogP contribution in [0.1, 0.15) is 27.7 Å². The summed E-state index contributed by atoms with van der Waals surface area (Å²) in [6.45, 7) is 9.78. The van der Waals surface area contributed by atoms with Gasteiger partial charge in [-0.3, -0.25) is 4.90 Å². The Hall–Kier alpha value is -0.770. The summed E-state index contributed by atoms with van der Waals surface area (Å²) in [5, 5.41) is 2.96. The SMILES string of the molecule is C#CC(C)(C)Cl.C#CC(C)(C)N1CCS(=O)(=O)CC1.O=S1(=O)CCNCC1. The van der Waals surface area contributed by atoms with Gasteiger partial charge in [-0.1, -0.05) is 11.8 Å². The molecule has 0 spiro atoms. The number of halogens is 1. The zero-order valence-electron chi connectivity index (χ0n) is 16.6. The van der Waals surface area contributed by atoms with Crippen LogP contribution < -0.4 is 5.32 Å². The van der Waals surface area contributed by atoms with Crippen LogP contribution in [-0.2, 0) is 19.7 Å². The molecule has 2 aliphatic heterocycles. The quantitative estimate of drug-likeness (QED) is 0.481. The molecular weight excluding hydrogens is 408 g/mol. The standard InChI is InChI=1S/C9H15NO2S.C5H7Cl.C4H9NO2S/c1-4-9(2,3)10-5-7-13(11,12)8-6-10;1-4-5(2,3)6;6-8(7)3-1-5-2-4-8/h1H,5-8H2,2-3H3;1H,2-3H3;5H,1-4H2. The van der Waals surface area contributed by atoms with E-state index in [4.69, 9.17) is 24.4 Å². The van der Waals surface area contributed by atoms with Gasteiger partial charge in [0.15, 0.2) is 19.7 Å². The molecule has 0 radical (unpaired) electrons. The first-order valence-corrected chi connectivity index (χ1v) is 12.7. The van der Waals surface area contributed by atoms with Gasteiger partial charge in [-0.25, -0.2) is 16.8 Å². The van der Waals surface area contributed by atoms with E-state index >= 15 is 0 Å². The van der Waals surface area contributed by atoms with Crippen LogP contribution in [0.4, 0.5) is 0 Å². The van der Waals surface area contributed by atoms with Gasteiger partial charge in [0.25, 0.3) is 0 Å². The second kappa shape index (κ2) is 10.7. The summed E-state index contributed by atoms with van der Waals surface area (Å²) in [5.74, 6) is 6.13. The molecule has 0 aliphatic carbocycles. The van der Waals surface area contributed by atoms with E-state index in [2.05, 4.69) is 17.2 Å². The van der Waals surface area contributed by atoms with Crippen LogP contribution >= 0.6 is 11.6 Å². The molecule has 0 amide bonds. The molecule has 0 aromatic rings. The molecule has 2 saturated heterocycles. The molecule has 27 heavy (non-hydrogen) atoms. The Bertz CT molecular complexity index is 729. The summed E-state index contributed by atoms with van der Waals surface area (Å²) < 4.78 is 43.5. The predicted molar refractivity (Wildman–Crippen MR) is 113 cm³/mol.